The Labute approximate surface area is 183 Å². The number of carbonyl (C=O) groups excluding carboxylic acids is 2. The predicted molar refractivity (Wildman–Crippen MR) is 117 cm³/mol. The molecule has 3 aromatic rings. The zero-order valence-electron chi connectivity index (χ0n) is 16.1. The Morgan fingerprint density at radius 2 is 1.90 bits per heavy atom. The summed E-state index contributed by atoms with van der Waals surface area (Å²) in [6.07, 6.45) is 0.185. The highest BCUT2D eigenvalue weighted by atomic mass is 32.2. The number of hydrogen-bond acceptors (Lipinski definition) is 7. The molecular formula is C22H19N3O3S2. The zero-order chi connectivity index (χ0) is 21.2. The van der Waals surface area contributed by atoms with Gasteiger partial charge in [0.2, 0.25) is 0 Å². The van der Waals surface area contributed by atoms with Gasteiger partial charge in [0, 0.05) is 28.3 Å². The molecule has 0 spiro atoms. The molecule has 0 N–H and O–H groups in total. The van der Waals surface area contributed by atoms with Gasteiger partial charge in [0.1, 0.15) is 0 Å². The van der Waals surface area contributed by atoms with Crippen molar-refractivity contribution in [1.82, 2.24) is 4.98 Å². The number of para-hydroxylation sites is 1. The van der Waals surface area contributed by atoms with Crippen LogP contribution in [0, 0.1) is 11.3 Å². The van der Waals surface area contributed by atoms with Gasteiger partial charge in [-0.05, 0) is 24.3 Å². The number of thioether (sulfide) groups is 1. The Hall–Kier alpha value is -3.15. The summed E-state index contributed by atoms with van der Waals surface area (Å²) in [5, 5.41) is 10.8. The van der Waals surface area contributed by atoms with Crippen LogP contribution in [-0.4, -0.2) is 30.0 Å². The van der Waals surface area contributed by atoms with Crippen LogP contribution in [0.3, 0.4) is 0 Å². The third kappa shape index (κ3) is 5.92. The molecule has 2 aromatic carbocycles. The topological polar surface area (TPSA) is 83.3 Å². The van der Waals surface area contributed by atoms with Crippen LogP contribution in [-0.2, 0) is 15.3 Å². The molecule has 0 aliphatic heterocycles. The number of benzene rings is 2. The van der Waals surface area contributed by atoms with Crippen molar-refractivity contribution in [2.24, 2.45) is 0 Å². The fraction of sp³-hybridized carbons (Fsp3) is 0.182. The van der Waals surface area contributed by atoms with Gasteiger partial charge in [0.05, 0.1) is 29.3 Å². The standard InChI is InChI=1S/C22H19N3O3S2/c23-11-6-12-25(18-7-2-1-3-8-18)21(26)13-28-22(27)19-9-4-5-10-20(19)30-15-17-14-29-16-24-17/h1-5,7-10,14,16H,6,12-13,15H2. The number of thiazole rings is 1. The molecule has 0 fully saturated rings. The van der Waals surface area contributed by atoms with Crippen LogP contribution >= 0.6 is 23.1 Å². The molecule has 0 bridgehead atoms. The highest BCUT2D eigenvalue weighted by Crippen LogP contribution is 2.27. The normalized spacial score (nSPS) is 10.2. The Morgan fingerprint density at radius 3 is 2.63 bits per heavy atom. The van der Waals surface area contributed by atoms with E-state index < -0.39 is 12.6 Å². The largest absolute Gasteiger partial charge is 0.452 e. The van der Waals surface area contributed by atoms with Crippen molar-refractivity contribution in [2.45, 2.75) is 17.1 Å². The maximum absolute atomic E-state index is 12.7. The lowest BCUT2D eigenvalue weighted by atomic mass is 10.2. The molecule has 1 aromatic heterocycles. The zero-order valence-corrected chi connectivity index (χ0v) is 17.7. The fourth-order valence-corrected chi connectivity index (χ4v) is 4.28. The number of nitrogens with zero attached hydrogens (tertiary/aromatic N) is 3. The number of nitriles is 1. The molecule has 0 unspecified atom stereocenters. The van der Waals surface area contributed by atoms with Crippen molar-refractivity contribution in [3.05, 3.63) is 76.7 Å². The molecule has 3 rings (SSSR count). The summed E-state index contributed by atoms with van der Waals surface area (Å²) in [4.78, 5) is 31.8. The number of carbonyl (C=O) groups is 2. The summed E-state index contributed by atoms with van der Waals surface area (Å²) < 4.78 is 5.31. The first-order chi connectivity index (χ1) is 14.7. The number of hydrogen-bond donors (Lipinski definition) is 0. The lowest BCUT2D eigenvalue weighted by Gasteiger charge is -2.21. The highest BCUT2D eigenvalue weighted by molar-refractivity contribution is 7.98. The van der Waals surface area contributed by atoms with Crippen LogP contribution in [0.4, 0.5) is 5.69 Å². The van der Waals surface area contributed by atoms with Gasteiger partial charge in [-0.25, -0.2) is 9.78 Å². The van der Waals surface area contributed by atoms with Gasteiger partial charge in [0.25, 0.3) is 5.91 Å². The minimum atomic E-state index is -0.557. The Kier molecular flexibility index (Phi) is 8.01. The average molecular weight is 438 g/mol. The molecule has 0 saturated carbocycles. The monoisotopic (exact) mass is 437 g/mol. The van der Waals surface area contributed by atoms with E-state index in [0.29, 0.717) is 17.0 Å². The van der Waals surface area contributed by atoms with Crippen LogP contribution in [0.25, 0.3) is 0 Å². The van der Waals surface area contributed by atoms with Crippen LogP contribution < -0.4 is 4.90 Å². The molecule has 1 amide bonds. The summed E-state index contributed by atoms with van der Waals surface area (Å²) in [5.41, 5.74) is 3.79. The number of rotatable bonds is 9. The van der Waals surface area contributed by atoms with E-state index in [2.05, 4.69) is 4.98 Å². The molecule has 30 heavy (non-hydrogen) atoms. The van der Waals surface area contributed by atoms with Gasteiger partial charge in [-0.1, -0.05) is 30.3 Å². The van der Waals surface area contributed by atoms with Crippen LogP contribution in [0.5, 0.6) is 0 Å². The van der Waals surface area contributed by atoms with Gasteiger partial charge in [-0.15, -0.1) is 23.1 Å². The molecule has 0 atom stereocenters. The summed E-state index contributed by atoms with van der Waals surface area (Å²) in [6, 6.07) is 18.2. The third-order valence-corrected chi connectivity index (χ3v) is 5.85. The Balaban J connectivity index is 1.64. The number of amides is 1. The van der Waals surface area contributed by atoms with E-state index in [1.165, 1.54) is 28.0 Å². The summed E-state index contributed by atoms with van der Waals surface area (Å²) in [5.74, 6) is -0.293. The fourth-order valence-electron chi connectivity index (χ4n) is 2.67. The van der Waals surface area contributed by atoms with E-state index in [0.717, 1.165) is 10.6 Å². The van der Waals surface area contributed by atoms with E-state index in [-0.39, 0.29) is 18.9 Å². The Morgan fingerprint density at radius 1 is 1.13 bits per heavy atom. The summed E-state index contributed by atoms with van der Waals surface area (Å²) in [7, 11) is 0. The van der Waals surface area contributed by atoms with Crippen molar-refractivity contribution < 1.29 is 14.3 Å². The van der Waals surface area contributed by atoms with Gasteiger partial charge < -0.3 is 9.64 Å². The number of esters is 1. The second-order valence-electron chi connectivity index (χ2n) is 6.13. The molecule has 6 nitrogen and oxygen atoms in total. The van der Waals surface area contributed by atoms with E-state index in [9.17, 15) is 9.59 Å². The minimum absolute atomic E-state index is 0.185. The molecule has 8 heteroatoms. The highest BCUT2D eigenvalue weighted by Gasteiger charge is 2.19. The van der Waals surface area contributed by atoms with Gasteiger partial charge in [-0.2, -0.15) is 5.26 Å². The number of ether oxygens (including phenoxy) is 1. The molecule has 152 valence electrons. The number of aromatic nitrogens is 1. The quantitative estimate of drug-likeness (QED) is 0.361. The molecule has 0 aliphatic rings. The van der Waals surface area contributed by atoms with Crippen LogP contribution in [0.1, 0.15) is 22.5 Å². The third-order valence-electron chi connectivity index (χ3n) is 4.11. The lowest BCUT2D eigenvalue weighted by molar-refractivity contribution is -0.121. The van der Waals surface area contributed by atoms with Gasteiger partial charge in [0.15, 0.2) is 6.61 Å². The average Bonchev–Trinajstić information content (AvgIpc) is 3.31. The van der Waals surface area contributed by atoms with E-state index in [1.807, 2.05) is 41.8 Å². The van der Waals surface area contributed by atoms with Crippen LogP contribution in [0.15, 0.2) is 70.4 Å². The van der Waals surface area contributed by atoms with Crippen LogP contribution in [0.2, 0.25) is 0 Å². The maximum atomic E-state index is 12.7. The first-order valence-electron chi connectivity index (χ1n) is 9.17. The predicted octanol–water partition coefficient (Wildman–Crippen LogP) is 4.54. The first-order valence-corrected chi connectivity index (χ1v) is 11.1. The second-order valence-corrected chi connectivity index (χ2v) is 7.87. The summed E-state index contributed by atoms with van der Waals surface area (Å²) >= 11 is 3.02. The lowest BCUT2D eigenvalue weighted by Crippen LogP contribution is -2.35. The molecule has 0 saturated heterocycles. The van der Waals surface area contributed by atoms with Crippen molar-refractivity contribution in [3.8, 4) is 6.07 Å². The minimum Gasteiger partial charge on any atom is -0.452 e. The van der Waals surface area contributed by atoms with Crippen molar-refractivity contribution in [2.75, 3.05) is 18.1 Å². The molecule has 0 radical (unpaired) electrons. The van der Waals surface area contributed by atoms with E-state index in [1.54, 1.807) is 29.8 Å². The van der Waals surface area contributed by atoms with Crippen molar-refractivity contribution >= 4 is 40.7 Å². The maximum Gasteiger partial charge on any atom is 0.339 e. The van der Waals surface area contributed by atoms with Gasteiger partial charge in [-0.3, -0.25) is 4.79 Å². The van der Waals surface area contributed by atoms with Crippen molar-refractivity contribution in [1.29, 1.82) is 5.26 Å². The first kappa shape index (κ1) is 21.6. The van der Waals surface area contributed by atoms with E-state index in [4.69, 9.17) is 10.00 Å². The number of anilines is 1. The second kappa shape index (κ2) is 11.1. The summed E-state index contributed by atoms with van der Waals surface area (Å²) in [6.45, 7) is -0.165. The SMILES string of the molecule is N#CCCN(C(=O)COC(=O)c1ccccc1SCc1cscn1)c1ccccc1. The molecule has 0 aliphatic carbocycles. The Bertz CT molecular complexity index is 1020. The van der Waals surface area contributed by atoms with Crippen molar-refractivity contribution in [3.63, 3.8) is 0 Å². The molecule has 1 heterocycles. The van der Waals surface area contributed by atoms with Gasteiger partial charge >= 0.3 is 5.97 Å². The molecular weight excluding hydrogens is 418 g/mol. The smallest absolute Gasteiger partial charge is 0.339 e. The van der Waals surface area contributed by atoms with E-state index >= 15 is 0 Å².